The van der Waals surface area contributed by atoms with E-state index in [4.69, 9.17) is 0 Å². The molecule has 1 aliphatic heterocycles. The number of benzene rings is 1. The Kier molecular flexibility index (Phi) is 6.98. The van der Waals surface area contributed by atoms with E-state index in [1.54, 1.807) is 12.1 Å². The van der Waals surface area contributed by atoms with Crippen molar-refractivity contribution in [1.82, 2.24) is 9.62 Å². The molecule has 1 aromatic carbocycles. The van der Waals surface area contributed by atoms with Crippen molar-refractivity contribution in [3.63, 3.8) is 0 Å². The number of carbonyl (C=O) groups excluding carboxylic acids is 1. The van der Waals surface area contributed by atoms with Crippen LogP contribution in [0.1, 0.15) is 33.6 Å². The number of piperidine rings is 1. The molecular weight excluding hydrogens is 338 g/mol. The average Bonchev–Trinajstić information content (AvgIpc) is 2.54. The molecule has 0 atom stereocenters. The van der Waals surface area contributed by atoms with Crippen molar-refractivity contribution in [3.8, 4) is 0 Å². The van der Waals surface area contributed by atoms with Gasteiger partial charge in [-0.3, -0.25) is 4.79 Å². The van der Waals surface area contributed by atoms with Crippen molar-refractivity contribution < 1.29 is 13.2 Å². The molecule has 0 aromatic heterocycles. The van der Waals surface area contributed by atoms with Crippen molar-refractivity contribution >= 4 is 21.6 Å². The van der Waals surface area contributed by atoms with Crippen LogP contribution in [0.5, 0.6) is 0 Å². The maximum absolute atomic E-state index is 12.4. The summed E-state index contributed by atoms with van der Waals surface area (Å²) in [5, 5.41) is 2.63. The quantitative estimate of drug-likeness (QED) is 0.775. The topological polar surface area (TPSA) is 78.5 Å². The Hall–Kier alpha value is -1.44. The second kappa shape index (κ2) is 8.78. The van der Waals surface area contributed by atoms with Crippen LogP contribution in [0.3, 0.4) is 0 Å². The third kappa shape index (κ3) is 6.41. The fourth-order valence-corrected chi connectivity index (χ4v) is 4.24. The fraction of sp³-hybridized carbons (Fsp3) is 0.611. The van der Waals surface area contributed by atoms with Gasteiger partial charge in [0.25, 0.3) is 0 Å². The monoisotopic (exact) mass is 367 g/mol. The van der Waals surface area contributed by atoms with E-state index >= 15 is 0 Å². The molecule has 1 fully saturated rings. The molecule has 2 N–H and O–H groups in total. The molecule has 1 aromatic rings. The standard InChI is InChI=1S/C18H29N3O3S/c1-14(2)13-21-10-8-16(9-11-21)12-19-25(23,24)18-6-4-17(5-7-18)20-15(3)22/h4-7,14,16,19H,8-13H2,1-3H3,(H,20,22). The Bertz CT molecular complexity index is 663. The minimum Gasteiger partial charge on any atom is -0.326 e. The summed E-state index contributed by atoms with van der Waals surface area (Å²) in [5.41, 5.74) is 0.587. The summed E-state index contributed by atoms with van der Waals surface area (Å²) in [7, 11) is -3.51. The van der Waals surface area contributed by atoms with Crippen LogP contribution in [0, 0.1) is 11.8 Å². The van der Waals surface area contributed by atoms with Gasteiger partial charge in [0.2, 0.25) is 15.9 Å². The highest BCUT2D eigenvalue weighted by Crippen LogP contribution is 2.19. The van der Waals surface area contributed by atoms with Gasteiger partial charge in [-0.25, -0.2) is 13.1 Å². The zero-order chi connectivity index (χ0) is 18.4. The summed E-state index contributed by atoms with van der Waals surface area (Å²) < 4.78 is 27.5. The molecule has 25 heavy (non-hydrogen) atoms. The van der Waals surface area contributed by atoms with Crippen LogP contribution in [-0.2, 0) is 14.8 Å². The SMILES string of the molecule is CC(=O)Nc1ccc(S(=O)(=O)NCC2CCN(CC(C)C)CC2)cc1. The highest BCUT2D eigenvalue weighted by molar-refractivity contribution is 7.89. The van der Waals surface area contributed by atoms with E-state index in [2.05, 4.69) is 28.8 Å². The van der Waals surface area contributed by atoms with E-state index in [0.29, 0.717) is 24.1 Å². The number of likely N-dealkylation sites (tertiary alicyclic amines) is 1. The lowest BCUT2D eigenvalue weighted by atomic mass is 9.96. The molecule has 2 rings (SSSR count). The number of hydrogen-bond donors (Lipinski definition) is 2. The highest BCUT2D eigenvalue weighted by atomic mass is 32.2. The number of carbonyl (C=O) groups is 1. The Morgan fingerprint density at radius 3 is 2.32 bits per heavy atom. The number of nitrogens with zero attached hydrogens (tertiary/aromatic N) is 1. The smallest absolute Gasteiger partial charge is 0.240 e. The van der Waals surface area contributed by atoms with E-state index in [9.17, 15) is 13.2 Å². The lowest BCUT2D eigenvalue weighted by Gasteiger charge is -2.32. The van der Waals surface area contributed by atoms with Crippen LogP contribution < -0.4 is 10.0 Å². The molecule has 0 bridgehead atoms. The van der Waals surface area contributed by atoms with Crippen LogP contribution in [0.2, 0.25) is 0 Å². The number of amides is 1. The molecule has 6 nitrogen and oxygen atoms in total. The van der Waals surface area contributed by atoms with Crippen LogP contribution >= 0.6 is 0 Å². The first kappa shape index (κ1) is 19.9. The van der Waals surface area contributed by atoms with Crippen LogP contribution in [0.25, 0.3) is 0 Å². The largest absolute Gasteiger partial charge is 0.326 e. The van der Waals surface area contributed by atoms with Crippen LogP contribution in [0.4, 0.5) is 5.69 Å². The number of sulfonamides is 1. The molecule has 140 valence electrons. The van der Waals surface area contributed by atoms with E-state index < -0.39 is 10.0 Å². The Morgan fingerprint density at radius 2 is 1.80 bits per heavy atom. The van der Waals surface area contributed by atoms with Gasteiger partial charge < -0.3 is 10.2 Å². The predicted molar refractivity (Wildman–Crippen MR) is 99.9 cm³/mol. The van der Waals surface area contributed by atoms with Crippen molar-refractivity contribution in [2.24, 2.45) is 11.8 Å². The maximum atomic E-state index is 12.4. The second-order valence-electron chi connectivity index (χ2n) is 7.20. The summed E-state index contributed by atoms with van der Waals surface area (Å²) in [4.78, 5) is 13.7. The van der Waals surface area contributed by atoms with Gasteiger partial charge in [0.1, 0.15) is 0 Å². The summed E-state index contributed by atoms with van der Waals surface area (Å²) in [6, 6.07) is 6.22. The van der Waals surface area contributed by atoms with E-state index in [0.717, 1.165) is 32.5 Å². The highest BCUT2D eigenvalue weighted by Gasteiger charge is 2.22. The van der Waals surface area contributed by atoms with E-state index in [1.165, 1.54) is 19.1 Å². The summed E-state index contributed by atoms with van der Waals surface area (Å²) in [6.07, 6.45) is 2.05. The predicted octanol–water partition coefficient (Wildman–Crippen LogP) is 2.29. The maximum Gasteiger partial charge on any atom is 0.240 e. The van der Waals surface area contributed by atoms with E-state index in [1.807, 2.05) is 0 Å². The van der Waals surface area contributed by atoms with Crippen LogP contribution in [-0.4, -0.2) is 45.4 Å². The Labute approximate surface area is 151 Å². The zero-order valence-electron chi connectivity index (χ0n) is 15.3. The number of anilines is 1. The lowest BCUT2D eigenvalue weighted by molar-refractivity contribution is -0.114. The average molecular weight is 368 g/mol. The molecule has 1 saturated heterocycles. The molecule has 1 heterocycles. The first-order chi connectivity index (χ1) is 11.8. The van der Waals surface area contributed by atoms with Gasteiger partial charge in [-0.15, -0.1) is 0 Å². The van der Waals surface area contributed by atoms with Gasteiger partial charge in [0.15, 0.2) is 0 Å². The molecule has 1 amide bonds. The summed E-state index contributed by atoms with van der Waals surface area (Å²) in [6.45, 7) is 9.52. The van der Waals surface area contributed by atoms with Gasteiger partial charge in [-0.2, -0.15) is 0 Å². The number of hydrogen-bond acceptors (Lipinski definition) is 4. The molecule has 0 radical (unpaired) electrons. The van der Waals surface area contributed by atoms with Gasteiger partial charge >= 0.3 is 0 Å². The molecule has 7 heteroatoms. The lowest BCUT2D eigenvalue weighted by Crippen LogP contribution is -2.40. The minimum atomic E-state index is -3.51. The third-order valence-corrected chi connectivity index (χ3v) is 5.82. The Morgan fingerprint density at radius 1 is 1.20 bits per heavy atom. The summed E-state index contributed by atoms with van der Waals surface area (Å²) in [5.74, 6) is 0.866. The third-order valence-electron chi connectivity index (χ3n) is 4.38. The van der Waals surface area contributed by atoms with Crippen molar-refractivity contribution in [2.75, 3.05) is 31.5 Å². The van der Waals surface area contributed by atoms with Crippen LogP contribution in [0.15, 0.2) is 29.2 Å². The Balaban J connectivity index is 1.84. The van der Waals surface area contributed by atoms with E-state index in [-0.39, 0.29) is 10.8 Å². The van der Waals surface area contributed by atoms with Crippen molar-refractivity contribution in [1.29, 1.82) is 0 Å². The normalized spacial score (nSPS) is 17.0. The first-order valence-corrected chi connectivity index (χ1v) is 10.3. The van der Waals surface area contributed by atoms with Gasteiger partial charge in [0, 0.05) is 25.7 Å². The van der Waals surface area contributed by atoms with Gasteiger partial charge in [-0.05, 0) is 62.0 Å². The molecule has 0 saturated carbocycles. The van der Waals surface area contributed by atoms with Crippen molar-refractivity contribution in [3.05, 3.63) is 24.3 Å². The van der Waals surface area contributed by atoms with Gasteiger partial charge in [-0.1, -0.05) is 13.8 Å². The second-order valence-corrected chi connectivity index (χ2v) is 8.96. The minimum absolute atomic E-state index is 0.183. The van der Waals surface area contributed by atoms with Crippen molar-refractivity contribution in [2.45, 2.75) is 38.5 Å². The number of rotatable bonds is 7. The molecule has 0 unspecified atom stereocenters. The molecule has 0 spiro atoms. The number of nitrogens with one attached hydrogen (secondary N) is 2. The molecular formula is C18H29N3O3S. The first-order valence-electron chi connectivity index (χ1n) is 8.86. The summed E-state index contributed by atoms with van der Waals surface area (Å²) >= 11 is 0. The fourth-order valence-electron chi connectivity index (χ4n) is 3.12. The molecule has 1 aliphatic rings. The molecule has 0 aliphatic carbocycles. The van der Waals surface area contributed by atoms with Gasteiger partial charge in [0.05, 0.1) is 4.90 Å². The zero-order valence-corrected chi connectivity index (χ0v) is 16.1.